The second kappa shape index (κ2) is 8.56. The highest BCUT2D eigenvalue weighted by atomic mass is 16.5. The molecule has 0 aliphatic carbocycles. The Balaban J connectivity index is 1.57. The first-order chi connectivity index (χ1) is 13.5. The summed E-state index contributed by atoms with van der Waals surface area (Å²) in [6.07, 6.45) is 0.182. The summed E-state index contributed by atoms with van der Waals surface area (Å²) in [7, 11) is 1.40. The van der Waals surface area contributed by atoms with Crippen LogP contribution in [0.15, 0.2) is 48.5 Å². The van der Waals surface area contributed by atoms with Crippen LogP contribution in [0.5, 0.6) is 5.75 Å². The number of carboxylic acid groups (broad SMARTS) is 1. The number of hydrogen-bond donors (Lipinski definition) is 2. The summed E-state index contributed by atoms with van der Waals surface area (Å²) >= 11 is 0. The SMILES string of the molecule is COc1ccc(CNC(=O)[C@H]2CC(=O)N(Cc3ccccc3)C2)cc1C(=O)O. The third kappa shape index (κ3) is 4.49. The van der Waals surface area contributed by atoms with Gasteiger partial charge < -0.3 is 20.1 Å². The minimum atomic E-state index is -1.09. The van der Waals surface area contributed by atoms with Crippen LogP contribution in [0.3, 0.4) is 0 Å². The predicted molar refractivity (Wildman–Crippen MR) is 102 cm³/mol. The number of ether oxygens (including phenoxy) is 1. The summed E-state index contributed by atoms with van der Waals surface area (Å²) in [5, 5.41) is 12.0. The largest absolute Gasteiger partial charge is 0.496 e. The maximum absolute atomic E-state index is 12.5. The number of nitrogens with zero attached hydrogens (tertiary/aromatic N) is 1. The number of methoxy groups -OCH3 is 1. The van der Waals surface area contributed by atoms with Gasteiger partial charge in [-0.3, -0.25) is 9.59 Å². The lowest BCUT2D eigenvalue weighted by atomic mass is 10.1. The smallest absolute Gasteiger partial charge is 0.339 e. The lowest BCUT2D eigenvalue weighted by Gasteiger charge is -2.16. The normalized spacial score (nSPS) is 16.1. The van der Waals surface area contributed by atoms with E-state index in [4.69, 9.17) is 4.74 Å². The van der Waals surface area contributed by atoms with E-state index in [0.717, 1.165) is 5.56 Å². The molecule has 28 heavy (non-hydrogen) atoms. The molecule has 1 aliphatic heterocycles. The molecule has 1 aliphatic rings. The summed E-state index contributed by atoms with van der Waals surface area (Å²) in [5.41, 5.74) is 1.72. The van der Waals surface area contributed by atoms with Crippen LogP contribution in [0.2, 0.25) is 0 Å². The number of rotatable bonds is 7. The minimum absolute atomic E-state index is 0.0402. The highest BCUT2D eigenvalue weighted by Crippen LogP contribution is 2.22. The molecular weight excluding hydrogens is 360 g/mol. The van der Waals surface area contributed by atoms with Gasteiger partial charge in [-0.05, 0) is 23.3 Å². The maximum Gasteiger partial charge on any atom is 0.339 e. The number of carboxylic acids is 1. The minimum Gasteiger partial charge on any atom is -0.496 e. The topological polar surface area (TPSA) is 95.9 Å². The monoisotopic (exact) mass is 382 g/mol. The fourth-order valence-corrected chi connectivity index (χ4v) is 3.27. The number of amides is 2. The first-order valence-corrected chi connectivity index (χ1v) is 8.97. The van der Waals surface area contributed by atoms with Gasteiger partial charge in [-0.2, -0.15) is 0 Å². The van der Waals surface area contributed by atoms with Gasteiger partial charge in [-0.1, -0.05) is 36.4 Å². The molecule has 3 rings (SSSR count). The zero-order valence-corrected chi connectivity index (χ0v) is 15.6. The van der Waals surface area contributed by atoms with E-state index in [1.165, 1.54) is 13.2 Å². The molecule has 0 spiro atoms. The molecule has 0 radical (unpaired) electrons. The number of hydrogen-bond acceptors (Lipinski definition) is 4. The van der Waals surface area contributed by atoms with E-state index in [0.29, 0.717) is 18.7 Å². The van der Waals surface area contributed by atoms with Gasteiger partial charge in [0.25, 0.3) is 0 Å². The lowest BCUT2D eigenvalue weighted by Crippen LogP contribution is -2.32. The highest BCUT2D eigenvalue weighted by molar-refractivity contribution is 5.91. The molecule has 0 bridgehead atoms. The molecule has 1 atom stereocenters. The molecule has 7 heteroatoms. The van der Waals surface area contributed by atoms with E-state index >= 15 is 0 Å². The quantitative estimate of drug-likeness (QED) is 0.764. The first kappa shape index (κ1) is 19.4. The van der Waals surface area contributed by atoms with Crippen LogP contribution in [0.1, 0.15) is 27.9 Å². The van der Waals surface area contributed by atoms with Crippen molar-refractivity contribution < 1.29 is 24.2 Å². The molecule has 0 unspecified atom stereocenters. The van der Waals surface area contributed by atoms with Crippen LogP contribution >= 0.6 is 0 Å². The summed E-state index contributed by atoms with van der Waals surface area (Å²) in [6.45, 7) is 1.05. The van der Waals surface area contributed by atoms with Crippen molar-refractivity contribution in [2.75, 3.05) is 13.7 Å². The van der Waals surface area contributed by atoms with Crippen molar-refractivity contribution in [1.29, 1.82) is 0 Å². The molecule has 1 fully saturated rings. The fraction of sp³-hybridized carbons (Fsp3) is 0.286. The van der Waals surface area contributed by atoms with Crippen molar-refractivity contribution in [3.05, 3.63) is 65.2 Å². The van der Waals surface area contributed by atoms with Gasteiger partial charge in [0.1, 0.15) is 11.3 Å². The number of carbonyl (C=O) groups excluding carboxylic acids is 2. The second-order valence-corrected chi connectivity index (χ2v) is 6.72. The van der Waals surface area contributed by atoms with Crippen molar-refractivity contribution in [2.45, 2.75) is 19.5 Å². The third-order valence-electron chi connectivity index (χ3n) is 4.76. The van der Waals surface area contributed by atoms with E-state index < -0.39 is 11.9 Å². The Hall–Kier alpha value is -3.35. The predicted octanol–water partition coefficient (Wildman–Crippen LogP) is 2.06. The second-order valence-electron chi connectivity index (χ2n) is 6.72. The Labute approximate surface area is 162 Å². The molecule has 2 amide bonds. The molecule has 146 valence electrons. The molecule has 0 saturated carbocycles. The molecule has 1 saturated heterocycles. The van der Waals surface area contributed by atoms with E-state index in [9.17, 15) is 19.5 Å². The molecule has 7 nitrogen and oxygen atoms in total. The number of carbonyl (C=O) groups is 3. The number of benzene rings is 2. The van der Waals surface area contributed by atoms with Gasteiger partial charge in [-0.15, -0.1) is 0 Å². The van der Waals surface area contributed by atoms with Crippen molar-refractivity contribution in [3.63, 3.8) is 0 Å². The van der Waals surface area contributed by atoms with Crippen LogP contribution < -0.4 is 10.1 Å². The average molecular weight is 382 g/mol. The molecule has 0 aromatic heterocycles. The molecule has 2 aromatic rings. The van der Waals surface area contributed by atoms with Gasteiger partial charge in [0, 0.05) is 26.1 Å². The van der Waals surface area contributed by atoms with Crippen molar-refractivity contribution in [2.24, 2.45) is 5.92 Å². The van der Waals surface area contributed by atoms with Crippen molar-refractivity contribution in [1.82, 2.24) is 10.2 Å². The van der Waals surface area contributed by atoms with Gasteiger partial charge in [0.05, 0.1) is 13.0 Å². The Kier molecular flexibility index (Phi) is 5.93. The first-order valence-electron chi connectivity index (χ1n) is 8.97. The lowest BCUT2D eigenvalue weighted by molar-refractivity contribution is -0.129. The molecule has 1 heterocycles. The summed E-state index contributed by atoms with van der Waals surface area (Å²) < 4.78 is 5.03. The Morgan fingerprint density at radius 2 is 1.93 bits per heavy atom. The third-order valence-corrected chi connectivity index (χ3v) is 4.76. The Bertz CT molecular complexity index is 882. The number of nitrogens with one attached hydrogen (secondary N) is 1. The van der Waals surface area contributed by atoms with E-state index in [2.05, 4.69) is 5.32 Å². The summed E-state index contributed by atoms with van der Waals surface area (Å²) in [5.74, 6) is -1.49. The van der Waals surface area contributed by atoms with E-state index in [1.807, 2.05) is 30.3 Å². The molecule has 2 N–H and O–H groups in total. The average Bonchev–Trinajstić information content (AvgIpc) is 3.07. The standard InChI is InChI=1S/C21H22N2O5/c1-28-18-8-7-15(9-17(18)21(26)27)11-22-20(25)16-10-19(24)23(13-16)12-14-5-3-2-4-6-14/h2-9,16H,10-13H2,1H3,(H,22,25)(H,26,27)/t16-/m0/s1. The molecular formula is C21H22N2O5. The van der Waals surface area contributed by atoms with E-state index in [1.54, 1.807) is 17.0 Å². The zero-order valence-electron chi connectivity index (χ0n) is 15.6. The Morgan fingerprint density at radius 1 is 1.18 bits per heavy atom. The van der Waals surface area contributed by atoms with Crippen molar-refractivity contribution in [3.8, 4) is 5.75 Å². The van der Waals surface area contributed by atoms with Crippen LogP contribution in [0.25, 0.3) is 0 Å². The van der Waals surface area contributed by atoms with Crippen LogP contribution in [0.4, 0.5) is 0 Å². The van der Waals surface area contributed by atoms with Crippen LogP contribution in [-0.2, 0) is 22.7 Å². The summed E-state index contributed by atoms with van der Waals surface area (Å²) in [6, 6.07) is 14.4. The fourth-order valence-electron chi connectivity index (χ4n) is 3.27. The number of likely N-dealkylation sites (tertiary alicyclic amines) is 1. The Morgan fingerprint density at radius 3 is 2.61 bits per heavy atom. The van der Waals surface area contributed by atoms with Crippen molar-refractivity contribution >= 4 is 17.8 Å². The van der Waals surface area contributed by atoms with Gasteiger partial charge in [0.15, 0.2) is 0 Å². The van der Waals surface area contributed by atoms with Gasteiger partial charge >= 0.3 is 5.97 Å². The van der Waals surface area contributed by atoms with Gasteiger partial charge in [0.2, 0.25) is 11.8 Å². The zero-order chi connectivity index (χ0) is 20.1. The highest BCUT2D eigenvalue weighted by Gasteiger charge is 2.34. The van der Waals surface area contributed by atoms with E-state index in [-0.39, 0.29) is 36.1 Å². The molecule has 2 aromatic carbocycles. The van der Waals surface area contributed by atoms with Crippen LogP contribution in [0, 0.1) is 5.92 Å². The number of aromatic carboxylic acids is 1. The summed E-state index contributed by atoms with van der Waals surface area (Å²) in [4.78, 5) is 37.7. The maximum atomic E-state index is 12.5. The van der Waals surface area contributed by atoms with Gasteiger partial charge in [-0.25, -0.2) is 4.79 Å². The van der Waals surface area contributed by atoms with Crippen LogP contribution in [-0.4, -0.2) is 41.4 Å².